The molecule has 1 saturated heterocycles. The quantitative estimate of drug-likeness (QED) is 0.357. The van der Waals surface area contributed by atoms with Gasteiger partial charge in [0.1, 0.15) is 0 Å². The summed E-state index contributed by atoms with van der Waals surface area (Å²) in [6.07, 6.45) is 4.12. The molecule has 0 saturated carbocycles. The Hall–Kier alpha value is -3.06. The smallest absolute Gasteiger partial charge is 0.262 e. The van der Waals surface area contributed by atoms with E-state index >= 15 is 0 Å². The molecule has 0 unspecified atom stereocenters. The lowest BCUT2D eigenvalue weighted by atomic mass is 10.2. The number of aromatic nitrogens is 2. The maximum Gasteiger partial charge on any atom is 0.262 e. The number of nitrogens with zero attached hydrogens (tertiary/aromatic N) is 3. The first kappa shape index (κ1) is 20.2. The fourth-order valence-corrected chi connectivity index (χ4v) is 4.41. The van der Waals surface area contributed by atoms with E-state index in [0.717, 1.165) is 18.8 Å². The molecule has 1 fully saturated rings. The van der Waals surface area contributed by atoms with Gasteiger partial charge in [0.2, 0.25) is 5.91 Å². The minimum atomic E-state index is -0.138. The molecule has 0 bridgehead atoms. The molecule has 1 aromatic heterocycles. The number of benzene rings is 2. The molecule has 154 valence electrons. The van der Waals surface area contributed by atoms with Gasteiger partial charge in [-0.15, -0.1) is 6.58 Å². The van der Waals surface area contributed by atoms with Crippen molar-refractivity contribution in [1.82, 2.24) is 9.55 Å². The van der Waals surface area contributed by atoms with E-state index in [2.05, 4.69) is 21.8 Å². The molecule has 0 radical (unpaired) electrons. The zero-order valence-electron chi connectivity index (χ0n) is 16.7. The third kappa shape index (κ3) is 4.41. The van der Waals surface area contributed by atoms with E-state index in [0.29, 0.717) is 22.6 Å². The van der Waals surface area contributed by atoms with Gasteiger partial charge in [-0.1, -0.05) is 30.0 Å². The number of carbonyl (C=O) groups is 1. The van der Waals surface area contributed by atoms with Crippen LogP contribution in [0.3, 0.4) is 0 Å². The number of anilines is 2. The number of hydrogen-bond acceptors (Lipinski definition) is 5. The second kappa shape index (κ2) is 9.17. The first-order valence-electron chi connectivity index (χ1n) is 10.0. The van der Waals surface area contributed by atoms with Crippen LogP contribution in [0.15, 0.2) is 71.1 Å². The van der Waals surface area contributed by atoms with Crippen LogP contribution in [-0.2, 0) is 11.3 Å². The van der Waals surface area contributed by atoms with Crippen LogP contribution in [0.25, 0.3) is 10.9 Å². The van der Waals surface area contributed by atoms with Crippen molar-refractivity contribution >= 4 is 39.9 Å². The molecule has 3 aromatic rings. The molecule has 6 nitrogen and oxygen atoms in total. The van der Waals surface area contributed by atoms with E-state index in [-0.39, 0.29) is 17.2 Å². The van der Waals surface area contributed by atoms with Gasteiger partial charge in [0.05, 0.1) is 16.7 Å². The minimum absolute atomic E-state index is 0.124. The Morgan fingerprint density at radius 2 is 1.87 bits per heavy atom. The molecule has 4 rings (SSSR count). The Morgan fingerprint density at radius 3 is 2.60 bits per heavy atom. The number of fused-ring (bicyclic) bond motifs is 1. The summed E-state index contributed by atoms with van der Waals surface area (Å²) in [6, 6.07) is 15.2. The van der Waals surface area contributed by atoms with Crippen molar-refractivity contribution in [3.63, 3.8) is 0 Å². The molecular formula is C23H24N4O2S. The standard InChI is InChI=1S/C23H24N4O2S/c1-2-13-27-22(29)19-7-3-4-8-20(19)25-23(27)30-16-21(28)24-17-9-11-18(12-10-17)26-14-5-6-15-26/h2-4,7-12H,1,5-6,13-16H2,(H,24,28). The first-order chi connectivity index (χ1) is 14.7. The average molecular weight is 421 g/mol. The summed E-state index contributed by atoms with van der Waals surface area (Å²) in [5.74, 6) is 0.0250. The summed E-state index contributed by atoms with van der Waals surface area (Å²) in [6.45, 7) is 6.25. The Balaban J connectivity index is 1.44. The van der Waals surface area contributed by atoms with Crippen LogP contribution in [0.5, 0.6) is 0 Å². The van der Waals surface area contributed by atoms with Gasteiger partial charge < -0.3 is 10.2 Å². The fourth-order valence-electron chi connectivity index (χ4n) is 3.61. The number of para-hydroxylation sites is 1. The van der Waals surface area contributed by atoms with Crippen molar-refractivity contribution in [2.24, 2.45) is 0 Å². The highest BCUT2D eigenvalue weighted by molar-refractivity contribution is 7.99. The molecular weight excluding hydrogens is 396 g/mol. The zero-order valence-corrected chi connectivity index (χ0v) is 17.5. The maximum atomic E-state index is 12.8. The van der Waals surface area contributed by atoms with Crippen molar-refractivity contribution in [2.75, 3.05) is 29.1 Å². The van der Waals surface area contributed by atoms with E-state index < -0.39 is 0 Å². The minimum Gasteiger partial charge on any atom is -0.372 e. The number of allylic oxidation sites excluding steroid dienone is 1. The molecule has 0 aliphatic carbocycles. The summed E-state index contributed by atoms with van der Waals surface area (Å²) in [5, 5.41) is 3.99. The van der Waals surface area contributed by atoms with Gasteiger partial charge in [-0.05, 0) is 49.2 Å². The second-order valence-electron chi connectivity index (χ2n) is 7.19. The molecule has 30 heavy (non-hydrogen) atoms. The lowest BCUT2D eigenvalue weighted by molar-refractivity contribution is -0.113. The van der Waals surface area contributed by atoms with Crippen molar-refractivity contribution in [3.8, 4) is 0 Å². The molecule has 1 amide bonds. The first-order valence-corrected chi connectivity index (χ1v) is 11.0. The van der Waals surface area contributed by atoms with Gasteiger partial charge in [-0.3, -0.25) is 14.2 Å². The van der Waals surface area contributed by atoms with Crippen LogP contribution >= 0.6 is 11.8 Å². The van der Waals surface area contributed by atoms with Crippen LogP contribution in [0.4, 0.5) is 11.4 Å². The number of amides is 1. The van der Waals surface area contributed by atoms with Crippen LogP contribution in [-0.4, -0.2) is 34.3 Å². The van der Waals surface area contributed by atoms with Gasteiger partial charge in [0.25, 0.3) is 5.56 Å². The summed E-state index contributed by atoms with van der Waals surface area (Å²) in [5.41, 5.74) is 2.45. The molecule has 2 aromatic carbocycles. The molecule has 7 heteroatoms. The van der Waals surface area contributed by atoms with Crippen LogP contribution in [0.1, 0.15) is 12.8 Å². The third-order valence-corrected chi connectivity index (χ3v) is 6.07. The van der Waals surface area contributed by atoms with Crippen molar-refractivity contribution in [2.45, 2.75) is 24.5 Å². The Morgan fingerprint density at radius 1 is 1.13 bits per heavy atom. The van der Waals surface area contributed by atoms with Crippen molar-refractivity contribution in [3.05, 3.63) is 71.5 Å². The van der Waals surface area contributed by atoms with Crippen molar-refractivity contribution in [1.29, 1.82) is 0 Å². The molecule has 0 spiro atoms. The molecule has 1 N–H and O–H groups in total. The van der Waals surface area contributed by atoms with Gasteiger partial charge in [0.15, 0.2) is 5.16 Å². The van der Waals surface area contributed by atoms with E-state index in [1.807, 2.05) is 36.4 Å². The second-order valence-corrected chi connectivity index (χ2v) is 8.14. The van der Waals surface area contributed by atoms with Gasteiger partial charge in [0, 0.05) is 31.0 Å². The molecule has 1 aliphatic rings. The number of thioether (sulfide) groups is 1. The third-order valence-electron chi connectivity index (χ3n) is 5.09. The van der Waals surface area contributed by atoms with Gasteiger partial charge in [-0.25, -0.2) is 4.98 Å². The largest absolute Gasteiger partial charge is 0.372 e. The normalized spacial score (nSPS) is 13.5. The highest BCUT2D eigenvalue weighted by atomic mass is 32.2. The lowest BCUT2D eigenvalue weighted by Crippen LogP contribution is -2.23. The highest BCUT2D eigenvalue weighted by Crippen LogP contribution is 2.23. The average Bonchev–Trinajstić information content (AvgIpc) is 3.30. The molecule has 0 atom stereocenters. The Bertz CT molecular complexity index is 1120. The van der Waals surface area contributed by atoms with E-state index in [1.165, 1.54) is 30.3 Å². The number of carbonyl (C=O) groups excluding carboxylic acids is 1. The van der Waals surface area contributed by atoms with E-state index in [4.69, 9.17) is 0 Å². The number of rotatable bonds is 7. The van der Waals surface area contributed by atoms with Gasteiger partial charge >= 0.3 is 0 Å². The van der Waals surface area contributed by atoms with E-state index in [1.54, 1.807) is 22.8 Å². The van der Waals surface area contributed by atoms with Gasteiger partial charge in [-0.2, -0.15) is 0 Å². The summed E-state index contributed by atoms with van der Waals surface area (Å²) >= 11 is 1.25. The predicted molar refractivity (Wildman–Crippen MR) is 123 cm³/mol. The topological polar surface area (TPSA) is 67.2 Å². The highest BCUT2D eigenvalue weighted by Gasteiger charge is 2.14. The zero-order chi connectivity index (χ0) is 20.9. The maximum absolute atomic E-state index is 12.8. The number of hydrogen-bond donors (Lipinski definition) is 1. The van der Waals surface area contributed by atoms with Crippen LogP contribution in [0.2, 0.25) is 0 Å². The number of nitrogens with one attached hydrogen (secondary N) is 1. The SMILES string of the molecule is C=CCn1c(SCC(=O)Nc2ccc(N3CCCC3)cc2)nc2ccccc2c1=O. The Labute approximate surface area is 179 Å². The molecule has 2 heterocycles. The summed E-state index contributed by atoms with van der Waals surface area (Å²) in [4.78, 5) is 32.2. The summed E-state index contributed by atoms with van der Waals surface area (Å²) < 4.78 is 1.55. The molecule has 1 aliphatic heterocycles. The monoisotopic (exact) mass is 420 g/mol. The van der Waals surface area contributed by atoms with E-state index in [9.17, 15) is 9.59 Å². The fraction of sp³-hybridized carbons (Fsp3) is 0.261. The van der Waals surface area contributed by atoms with Crippen LogP contribution in [0, 0.1) is 0 Å². The van der Waals surface area contributed by atoms with Crippen LogP contribution < -0.4 is 15.8 Å². The van der Waals surface area contributed by atoms with Crippen molar-refractivity contribution < 1.29 is 4.79 Å². The lowest BCUT2D eigenvalue weighted by Gasteiger charge is -2.17. The Kier molecular flexibility index (Phi) is 6.18. The predicted octanol–water partition coefficient (Wildman–Crippen LogP) is 3.91. The summed E-state index contributed by atoms with van der Waals surface area (Å²) in [7, 11) is 0.